The van der Waals surface area contributed by atoms with Crippen LogP contribution in [0.2, 0.25) is 0 Å². The first-order chi connectivity index (χ1) is 13.9. The molecule has 3 aromatic rings. The summed E-state index contributed by atoms with van der Waals surface area (Å²) in [5.41, 5.74) is 8.87. The van der Waals surface area contributed by atoms with Crippen LogP contribution in [0.3, 0.4) is 0 Å². The molecule has 2 heteroatoms. The van der Waals surface area contributed by atoms with Gasteiger partial charge in [-0.15, -0.1) is 0 Å². The van der Waals surface area contributed by atoms with Crippen molar-refractivity contribution in [1.29, 1.82) is 0 Å². The standard InChI is InChI=1S/C28H34O2/c1-17-13-23(27(5,6)21-9-11-25(29)18(2)15-21)20(4)24(14-17)28(7,8)22-10-12-26(30)19(3)16-22/h9-16,29-30H,1-8H3. The first kappa shape index (κ1) is 22.0. The fraction of sp³-hybridized carbons (Fsp3) is 0.357. The highest BCUT2D eigenvalue weighted by atomic mass is 16.3. The lowest BCUT2D eigenvalue weighted by atomic mass is 9.69. The van der Waals surface area contributed by atoms with Crippen molar-refractivity contribution in [1.82, 2.24) is 0 Å². The van der Waals surface area contributed by atoms with Gasteiger partial charge >= 0.3 is 0 Å². The van der Waals surface area contributed by atoms with Crippen molar-refractivity contribution in [3.63, 3.8) is 0 Å². The molecule has 30 heavy (non-hydrogen) atoms. The van der Waals surface area contributed by atoms with Crippen LogP contribution in [0.15, 0.2) is 48.5 Å². The molecule has 0 fully saturated rings. The Hall–Kier alpha value is -2.74. The maximum atomic E-state index is 9.98. The largest absolute Gasteiger partial charge is 0.508 e. The van der Waals surface area contributed by atoms with E-state index in [1.165, 1.54) is 33.4 Å². The number of rotatable bonds is 4. The summed E-state index contributed by atoms with van der Waals surface area (Å²) in [5.74, 6) is 0.667. The number of aromatic hydroxyl groups is 2. The SMILES string of the molecule is Cc1cc(C(C)(C)c2ccc(O)c(C)c2)c(C)c(C(C)(C)c2ccc(O)c(C)c2)c1. The molecule has 0 aliphatic carbocycles. The molecule has 0 aliphatic rings. The fourth-order valence-electron chi connectivity index (χ4n) is 4.56. The smallest absolute Gasteiger partial charge is 0.118 e. The van der Waals surface area contributed by atoms with Crippen molar-refractivity contribution in [3.8, 4) is 11.5 Å². The molecular formula is C28H34O2. The summed E-state index contributed by atoms with van der Waals surface area (Å²) in [4.78, 5) is 0. The van der Waals surface area contributed by atoms with Crippen LogP contribution in [0.25, 0.3) is 0 Å². The van der Waals surface area contributed by atoms with Gasteiger partial charge in [-0.1, -0.05) is 69.7 Å². The second kappa shape index (κ2) is 7.50. The molecule has 3 aromatic carbocycles. The zero-order valence-electron chi connectivity index (χ0n) is 19.5. The van der Waals surface area contributed by atoms with E-state index in [4.69, 9.17) is 0 Å². The molecular weight excluding hydrogens is 368 g/mol. The minimum absolute atomic E-state index is 0.204. The van der Waals surface area contributed by atoms with Gasteiger partial charge in [-0.3, -0.25) is 0 Å². The normalized spacial score (nSPS) is 12.3. The van der Waals surface area contributed by atoms with Gasteiger partial charge < -0.3 is 10.2 Å². The summed E-state index contributed by atoms with van der Waals surface area (Å²) in [6.07, 6.45) is 0. The Balaban J connectivity index is 2.20. The average molecular weight is 403 g/mol. The second-order valence-electron chi connectivity index (χ2n) is 9.74. The van der Waals surface area contributed by atoms with Crippen LogP contribution in [-0.2, 0) is 10.8 Å². The predicted octanol–water partition coefficient (Wildman–Crippen LogP) is 6.98. The summed E-state index contributed by atoms with van der Waals surface area (Å²) in [5, 5.41) is 20.0. The highest BCUT2D eigenvalue weighted by Gasteiger charge is 2.31. The maximum Gasteiger partial charge on any atom is 0.118 e. The lowest BCUT2D eigenvalue weighted by molar-refractivity contribution is 0.469. The Kier molecular flexibility index (Phi) is 5.49. The van der Waals surface area contributed by atoms with Crippen molar-refractivity contribution in [2.24, 2.45) is 0 Å². The van der Waals surface area contributed by atoms with Crippen LogP contribution >= 0.6 is 0 Å². The molecule has 0 radical (unpaired) electrons. The Morgan fingerprint density at radius 2 is 0.933 bits per heavy atom. The molecule has 2 nitrogen and oxygen atoms in total. The van der Waals surface area contributed by atoms with Gasteiger partial charge in [-0.2, -0.15) is 0 Å². The van der Waals surface area contributed by atoms with Gasteiger partial charge in [0.1, 0.15) is 11.5 Å². The van der Waals surface area contributed by atoms with E-state index in [1.807, 2.05) is 26.0 Å². The number of aryl methyl sites for hydroxylation is 3. The third kappa shape index (κ3) is 3.71. The number of phenolic OH excluding ortho intramolecular Hbond substituents is 2. The molecule has 0 bridgehead atoms. The van der Waals surface area contributed by atoms with E-state index in [0.29, 0.717) is 11.5 Å². The Morgan fingerprint density at radius 3 is 1.27 bits per heavy atom. The molecule has 3 rings (SSSR count). The molecule has 0 saturated heterocycles. The molecule has 0 aliphatic heterocycles. The minimum Gasteiger partial charge on any atom is -0.508 e. The quantitative estimate of drug-likeness (QED) is 0.494. The van der Waals surface area contributed by atoms with Crippen molar-refractivity contribution in [2.45, 2.75) is 66.2 Å². The minimum atomic E-state index is -0.204. The van der Waals surface area contributed by atoms with Crippen molar-refractivity contribution < 1.29 is 10.2 Å². The zero-order valence-corrected chi connectivity index (χ0v) is 19.5. The van der Waals surface area contributed by atoms with Crippen LogP contribution < -0.4 is 0 Å². The summed E-state index contributed by atoms with van der Waals surface area (Å²) < 4.78 is 0. The van der Waals surface area contributed by atoms with Crippen molar-refractivity contribution >= 4 is 0 Å². The maximum absolute atomic E-state index is 9.98. The van der Waals surface area contributed by atoms with E-state index in [9.17, 15) is 10.2 Å². The van der Waals surface area contributed by atoms with Gasteiger partial charge in [-0.25, -0.2) is 0 Å². The van der Waals surface area contributed by atoms with Gasteiger partial charge in [0.2, 0.25) is 0 Å². The third-order valence-electron chi connectivity index (χ3n) is 6.74. The number of phenols is 2. The predicted molar refractivity (Wildman–Crippen MR) is 126 cm³/mol. The highest BCUT2D eigenvalue weighted by Crippen LogP contribution is 2.42. The lowest BCUT2D eigenvalue weighted by Crippen LogP contribution is -2.26. The third-order valence-corrected chi connectivity index (χ3v) is 6.74. The van der Waals surface area contributed by atoms with Crippen LogP contribution in [0.1, 0.15) is 72.2 Å². The van der Waals surface area contributed by atoms with Crippen molar-refractivity contribution in [3.05, 3.63) is 93.0 Å². The second-order valence-corrected chi connectivity index (χ2v) is 9.74. The van der Waals surface area contributed by atoms with Gasteiger partial charge in [0, 0.05) is 10.8 Å². The molecule has 0 saturated carbocycles. The van der Waals surface area contributed by atoms with Crippen molar-refractivity contribution in [2.75, 3.05) is 0 Å². The molecule has 0 aromatic heterocycles. The van der Waals surface area contributed by atoms with Gasteiger partial charge in [0.15, 0.2) is 0 Å². The van der Waals surface area contributed by atoms with Crippen LogP contribution in [0.4, 0.5) is 0 Å². The summed E-state index contributed by atoms with van der Waals surface area (Å²) in [6, 6.07) is 16.4. The first-order valence-corrected chi connectivity index (χ1v) is 10.6. The lowest BCUT2D eigenvalue weighted by Gasteiger charge is -2.34. The number of hydrogen-bond acceptors (Lipinski definition) is 2. The topological polar surface area (TPSA) is 40.5 Å². The number of hydrogen-bond donors (Lipinski definition) is 2. The molecule has 0 heterocycles. The Labute approximate surface area is 181 Å². The van der Waals surface area contributed by atoms with Gasteiger partial charge in [0.05, 0.1) is 0 Å². The summed E-state index contributed by atoms with van der Waals surface area (Å²) >= 11 is 0. The van der Waals surface area contributed by atoms with Crippen LogP contribution in [-0.4, -0.2) is 10.2 Å². The number of benzene rings is 3. The van der Waals surface area contributed by atoms with E-state index < -0.39 is 0 Å². The summed E-state index contributed by atoms with van der Waals surface area (Å²) in [7, 11) is 0. The Morgan fingerprint density at radius 1 is 0.567 bits per heavy atom. The molecule has 0 amide bonds. The van der Waals surface area contributed by atoms with Crippen LogP contribution in [0.5, 0.6) is 11.5 Å². The van der Waals surface area contributed by atoms with E-state index in [1.54, 1.807) is 12.1 Å². The molecule has 0 unspecified atom stereocenters. The van der Waals surface area contributed by atoms with E-state index >= 15 is 0 Å². The molecule has 2 N–H and O–H groups in total. The van der Waals surface area contributed by atoms with Gasteiger partial charge in [0.25, 0.3) is 0 Å². The van der Waals surface area contributed by atoms with E-state index in [-0.39, 0.29) is 10.8 Å². The van der Waals surface area contributed by atoms with E-state index in [0.717, 1.165) is 11.1 Å². The summed E-state index contributed by atoms with van der Waals surface area (Å²) in [6.45, 7) is 17.3. The Bertz CT molecular complexity index is 1020. The molecule has 0 spiro atoms. The zero-order chi connectivity index (χ0) is 22.4. The average Bonchev–Trinajstić information content (AvgIpc) is 2.67. The first-order valence-electron chi connectivity index (χ1n) is 10.6. The van der Waals surface area contributed by atoms with E-state index in [2.05, 4.69) is 65.8 Å². The fourth-order valence-corrected chi connectivity index (χ4v) is 4.56. The highest BCUT2D eigenvalue weighted by molar-refractivity contribution is 5.54. The monoisotopic (exact) mass is 402 g/mol. The molecule has 0 atom stereocenters. The van der Waals surface area contributed by atoms with Crippen LogP contribution in [0, 0.1) is 27.7 Å². The molecule has 158 valence electrons. The van der Waals surface area contributed by atoms with Gasteiger partial charge in [-0.05, 0) is 78.8 Å².